The maximum absolute atomic E-state index is 12.8. The summed E-state index contributed by atoms with van der Waals surface area (Å²) in [4.78, 5) is 16.1. The minimum Gasteiger partial charge on any atom is -0.361 e. The van der Waals surface area contributed by atoms with E-state index in [0.29, 0.717) is 17.1 Å². The van der Waals surface area contributed by atoms with Gasteiger partial charge in [0.1, 0.15) is 0 Å². The molecule has 3 aromatic carbocycles. The van der Waals surface area contributed by atoms with Crippen LogP contribution in [0.1, 0.15) is 21.5 Å². The number of aromatic amines is 1. The molecule has 0 fully saturated rings. The van der Waals surface area contributed by atoms with Gasteiger partial charge in [-0.2, -0.15) is 0 Å². The van der Waals surface area contributed by atoms with Gasteiger partial charge in [-0.15, -0.1) is 0 Å². The number of rotatable bonds is 5. The van der Waals surface area contributed by atoms with E-state index in [-0.39, 0.29) is 5.91 Å². The van der Waals surface area contributed by atoms with Crippen molar-refractivity contribution < 1.29 is 4.79 Å². The van der Waals surface area contributed by atoms with Crippen molar-refractivity contribution in [2.24, 2.45) is 0 Å². The number of halogens is 2. The molecular weight excluding hydrogens is 403 g/mol. The minimum atomic E-state index is -0.0976. The highest BCUT2D eigenvalue weighted by atomic mass is 35.5. The standard InChI is InChI=1S/C24H20Cl2N2O/c1-15-11-21-17(14-28-23(21)13-22(15)26)9-10-27-24(29)20-8-3-2-7-19(20)16-5-4-6-18(25)12-16/h2-8,11-14,28H,9-10H2,1H3,(H,27,29). The van der Waals surface area contributed by atoms with Gasteiger partial charge in [0, 0.05) is 39.3 Å². The van der Waals surface area contributed by atoms with E-state index in [1.165, 1.54) is 0 Å². The molecule has 1 heterocycles. The van der Waals surface area contributed by atoms with Crippen molar-refractivity contribution in [3.05, 3.63) is 93.6 Å². The summed E-state index contributed by atoms with van der Waals surface area (Å²) in [7, 11) is 0. The van der Waals surface area contributed by atoms with Crippen molar-refractivity contribution in [3.8, 4) is 11.1 Å². The second kappa shape index (κ2) is 8.32. The van der Waals surface area contributed by atoms with Gasteiger partial charge in [0.2, 0.25) is 0 Å². The Balaban J connectivity index is 1.49. The monoisotopic (exact) mass is 422 g/mol. The Morgan fingerprint density at radius 1 is 1.03 bits per heavy atom. The summed E-state index contributed by atoms with van der Waals surface area (Å²) in [5, 5.41) is 5.57. The molecule has 0 aliphatic rings. The van der Waals surface area contributed by atoms with Crippen molar-refractivity contribution in [3.63, 3.8) is 0 Å². The highest BCUT2D eigenvalue weighted by molar-refractivity contribution is 6.32. The molecule has 0 saturated carbocycles. The first-order valence-corrected chi connectivity index (χ1v) is 10.2. The summed E-state index contributed by atoms with van der Waals surface area (Å²) in [6, 6.07) is 19.1. The van der Waals surface area contributed by atoms with Crippen LogP contribution in [0.2, 0.25) is 10.0 Å². The molecule has 2 N–H and O–H groups in total. The third-order valence-corrected chi connectivity index (χ3v) is 5.68. The number of nitrogens with one attached hydrogen (secondary N) is 2. The van der Waals surface area contributed by atoms with Crippen LogP contribution >= 0.6 is 23.2 Å². The average molecular weight is 423 g/mol. The zero-order valence-electron chi connectivity index (χ0n) is 15.9. The highest BCUT2D eigenvalue weighted by Gasteiger charge is 2.13. The number of benzene rings is 3. The van der Waals surface area contributed by atoms with Crippen molar-refractivity contribution in [2.45, 2.75) is 13.3 Å². The largest absolute Gasteiger partial charge is 0.361 e. The SMILES string of the molecule is Cc1cc2c(CCNC(=O)c3ccccc3-c3cccc(Cl)c3)c[nH]c2cc1Cl. The summed E-state index contributed by atoms with van der Waals surface area (Å²) in [5.74, 6) is -0.0976. The van der Waals surface area contributed by atoms with Gasteiger partial charge in [0.15, 0.2) is 0 Å². The molecule has 4 rings (SSSR count). The summed E-state index contributed by atoms with van der Waals surface area (Å²) in [5.41, 5.74) is 5.63. The van der Waals surface area contributed by atoms with Crippen LogP contribution in [0.25, 0.3) is 22.0 Å². The van der Waals surface area contributed by atoms with Crippen LogP contribution in [-0.2, 0) is 6.42 Å². The second-order valence-corrected chi connectivity index (χ2v) is 7.87. The Bertz CT molecular complexity index is 1200. The van der Waals surface area contributed by atoms with Gasteiger partial charge in [0.25, 0.3) is 5.91 Å². The van der Waals surface area contributed by atoms with Crippen LogP contribution in [0.4, 0.5) is 0 Å². The quantitative estimate of drug-likeness (QED) is 0.382. The van der Waals surface area contributed by atoms with Crippen molar-refractivity contribution in [1.82, 2.24) is 10.3 Å². The molecule has 5 heteroatoms. The number of aromatic nitrogens is 1. The van der Waals surface area contributed by atoms with Crippen LogP contribution in [0.3, 0.4) is 0 Å². The van der Waals surface area contributed by atoms with Gasteiger partial charge in [-0.25, -0.2) is 0 Å². The van der Waals surface area contributed by atoms with Crippen molar-refractivity contribution >= 4 is 40.0 Å². The van der Waals surface area contributed by atoms with Crippen molar-refractivity contribution in [1.29, 1.82) is 0 Å². The topological polar surface area (TPSA) is 44.9 Å². The van der Waals surface area contributed by atoms with Gasteiger partial charge in [-0.1, -0.05) is 53.5 Å². The van der Waals surface area contributed by atoms with Gasteiger partial charge in [-0.05, 0) is 65.9 Å². The lowest BCUT2D eigenvalue weighted by molar-refractivity contribution is 0.0955. The lowest BCUT2D eigenvalue weighted by atomic mass is 9.99. The Hall–Kier alpha value is -2.75. The zero-order chi connectivity index (χ0) is 20.4. The van der Waals surface area contributed by atoms with E-state index in [9.17, 15) is 4.79 Å². The summed E-state index contributed by atoms with van der Waals surface area (Å²) in [6.45, 7) is 2.53. The first kappa shape index (κ1) is 19.6. The van der Waals surface area contributed by atoms with Crippen LogP contribution in [-0.4, -0.2) is 17.4 Å². The number of fused-ring (bicyclic) bond motifs is 1. The molecule has 0 aliphatic heterocycles. The highest BCUT2D eigenvalue weighted by Crippen LogP contribution is 2.27. The van der Waals surface area contributed by atoms with E-state index in [2.05, 4.69) is 16.4 Å². The molecule has 29 heavy (non-hydrogen) atoms. The fraction of sp³-hybridized carbons (Fsp3) is 0.125. The Morgan fingerprint density at radius 3 is 2.69 bits per heavy atom. The van der Waals surface area contributed by atoms with Gasteiger partial charge < -0.3 is 10.3 Å². The molecule has 3 nitrogen and oxygen atoms in total. The lowest BCUT2D eigenvalue weighted by Gasteiger charge is -2.11. The second-order valence-electron chi connectivity index (χ2n) is 7.02. The Kier molecular flexibility index (Phi) is 5.61. The molecule has 4 aromatic rings. The maximum Gasteiger partial charge on any atom is 0.251 e. The predicted molar refractivity (Wildman–Crippen MR) is 121 cm³/mol. The lowest BCUT2D eigenvalue weighted by Crippen LogP contribution is -2.26. The molecule has 0 bridgehead atoms. The average Bonchev–Trinajstić information content (AvgIpc) is 3.10. The van der Waals surface area contributed by atoms with E-state index in [1.54, 1.807) is 0 Å². The van der Waals surface area contributed by atoms with Gasteiger partial charge >= 0.3 is 0 Å². The summed E-state index contributed by atoms with van der Waals surface area (Å²) >= 11 is 12.3. The normalized spacial score (nSPS) is 11.0. The first-order valence-electron chi connectivity index (χ1n) is 9.42. The molecule has 0 atom stereocenters. The number of carbonyl (C=O) groups excluding carboxylic acids is 1. The summed E-state index contributed by atoms with van der Waals surface area (Å²) < 4.78 is 0. The molecule has 0 unspecified atom stereocenters. The predicted octanol–water partition coefficient (Wildman–Crippen LogP) is 6.42. The van der Waals surface area contributed by atoms with E-state index in [0.717, 1.165) is 44.6 Å². The molecule has 1 aromatic heterocycles. The number of aryl methyl sites for hydroxylation is 1. The van der Waals surface area contributed by atoms with Crippen LogP contribution in [0.5, 0.6) is 0 Å². The number of hydrogen-bond acceptors (Lipinski definition) is 1. The minimum absolute atomic E-state index is 0.0976. The molecule has 1 amide bonds. The number of hydrogen-bond donors (Lipinski definition) is 2. The smallest absolute Gasteiger partial charge is 0.251 e. The number of amides is 1. The third-order valence-electron chi connectivity index (χ3n) is 5.03. The van der Waals surface area contributed by atoms with E-state index < -0.39 is 0 Å². The van der Waals surface area contributed by atoms with Gasteiger partial charge in [-0.3, -0.25) is 4.79 Å². The molecule has 0 saturated heterocycles. The van der Waals surface area contributed by atoms with E-state index in [1.807, 2.05) is 67.7 Å². The van der Waals surface area contributed by atoms with E-state index in [4.69, 9.17) is 23.2 Å². The number of H-pyrrole nitrogens is 1. The van der Waals surface area contributed by atoms with Gasteiger partial charge in [0.05, 0.1) is 0 Å². The molecule has 146 valence electrons. The third kappa shape index (κ3) is 4.16. The maximum atomic E-state index is 12.8. The Labute approximate surface area is 179 Å². The van der Waals surface area contributed by atoms with E-state index >= 15 is 0 Å². The fourth-order valence-electron chi connectivity index (χ4n) is 3.51. The summed E-state index contributed by atoms with van der Waals surface area (Å²) in [6.07, 6.45) is 2.71. The van der Waals surface area contributed by atoms with Crippen molar-refractivity contribution in [2.75, 3.05) is 6.54 Å². The van der Waals surface area contributed by atoms with Crippen LogP contribution < -0.4 is 5.32 Å². The first-order chi connectivity index (χ1) is 14.0. The molecule has 0 spiro atoms. The number of carbonyl (C=O) groups is 1. The van der Waals surface area contributed by atoms with Crippen LogP contribution in [0.15, 0.2) is 66.9 Å². The molecule has 0 radical (unpaired) electrons. The fourth-order valence-corrected chi connectivity index (χ4v) is 3.86. The molecule has 0 aliphatic carbocycles. The van der Waals surface area contributed by atoms with Crippen LogP contribution in [0, 0.1) is 6.92 Å². The molecular formula is C24H20Cl2N2O. The zero-order valence-corrected chi connectivity index (χ0v) is 17.4. The Morgan fingerprint density at radius 2 is 1.86 bits per heavy atom.